The Labute approximate surface area is 114 Å². The van der Waals surface area contributed by atoms with Crippen LogP contribution in [-0.4, -0.2) is 20.0 Å². The molecule has 0 atom stereocenters. The molecule has 0 saturated heterocycles. The molecule has 0 aliphatic heterocycles. The molecule has 92 valence electrons. The van der Waals surface area contributed by atoms with Crippen molar-refractivity contribution in [2.75, 3.05) is 0 Å². The number of aromatic amines is 1. The monoisotopic (exact) mass is 267 g/mol. The summed E-state index contributed by atoms with van der Waals surface area (Å²) >= 11 is 5.10. The first-order valence-corrected chi connectivity index (χ1v) is 6.06. The van der Waals surface area contributed by atoms with Gasteiger partial charge in [-0.2, -0.15) is 5.26 Å². The number of nitriles is 1. The van der Waals surface area contributed by atoms with Crippen LogP contribution in [0.15, 0.2) is 30.3 Å². The molecule has 0 amide bonds. The summed E-state index contributed by atoms with van der Waals surface area (Å²) in [6, 6.07) is 11.5. The predicted octanol–water partition coefficient (Wildman–Crippen LogP) is 2.66. The van der Waals surface area contributed by atoms with Crippen molar-refractivity contribution >= 4 is 23.3 Å². The van der Waals surface area contributed by atoms with Crippen LogP contribution in [0.1, 0.15) is 11.3 Å². The van der Waals surface area contributed by atoms with Crippen molar-refractivity contribution in [1.29, 1.82) is 5.26 Å². The Morgan fingerprint density at radius 1 is 1.37 bits per heavy atom. The highest BCUT2D eigenvalue weighted by atomic mass is 32.1. The normalized spacial score (nSPS) is 10.5. The van der Waals surface area contributed by atoms with E-state index in [1.165, 1.54) is 0 Å². The molecule has 5 nitrogen and oxygen atoms in total. The van der Waals surface area contributed by atoms with E-state index in [1.54, 1.807) is 10.7 Å². The summed E-state index contributed by atoms with van der Waals surface area (Å²) in [5, 5.41) is 17.3. The van der Waals surface area contributed by atoms with E-state index in [1.807, 2.05) is 31.2 Å². The van der Waals surface area contributed by atoms with E-state index in [2.05, 4.69) is 21.4 Å². The standard InChI is InChI=1S/C13H9N5S/c1-8-12(6-9(7-14)13(19)15-8)18-11-5-3-2-4-10(11)16-17-18/h2-6H,1H3,(H,15,19). The number of H-pyrrole nitrogens is 1. The molecule has 0 radical (unpaired) electrons. The van der Waals surface area contributed by atoms with Gasteiger partial charge >= 0.3 is 0 Å². The van der Waals surface area contributed by atoms with Crippen LogP contribution in [0.3, 0.4) is 0 Å². The van der Waals surface area contributed by atoms with Crippen LogP contribution in [-0.2, 0) is 0 Å². The number of nitrogens with one attached hydrogen (secondary N) is 1. The molecule has 0 saturated carbocycles. The second-order valence-electron chi connectivity index (χ2n) is 4.12. The van der Waals surface area contributed by atoms with E-state index in [9.17, 15) is 0 Å². The Hall–Kier alpha value is -2.52. The minimum Gasteiger partial charge on any atom is -0.347 e. The number of hydrogen-bond acceptors (Lipinski definition) is 4. The van der Waals surface area contributed by atoms with Gasteiger partial charge < -0.3 is 4.98 Å². The van der Waals surface area contributed by atoms with Gasteiger partial charge in [-0.15, -0.1) is 5.10 Å². The Morgan fingerprint density at radius 3 is 2.95 bits per heavy atom. The second-order valence-corrected chi connectivity index (χ2v) is 4.53. The van der Waals surface area contributed by atoms with Crippen LogP contribution < -0.4 is 0 Å². The number of para-hydroxylation sites is 1. The fourth-order valence-corrected chi connectivity index (χ4v) is 2.22. The number of hydrogen-bond donors (Lipinski definition) is 1. The van der Waals surface area contributed by atoms with Crippen molar-refractivity contribution in [3.8, 4) is 11.8 Å². The van der Waals surface area contributed by atoms with Crippen molar-refractivity contribution in [2.24, 2.45) is 0 Å². The molecule has 2 aromatic heterocycles. The van der Waals surface area contributed by atoms with Gasteiger partial charge in [0.2, 0.25) is 0 Å². The topological polar surface area (TPSA) is 70.3 Å². The molecule has 0 aliphatic rings. The molecule has 1 aromatic carbocycles. The number of aromatic nitrogens is 4. The summed E-state index contributed by atoms with van der Waals surface area (Å²) in [7, 11) is 0. The minimum atomic E-state index is 0.426. The van der Waals surface area contributed by atoms with Gasteiger partial charge in [-0.25, -0.2) is 4.68 Å². The molecule has 0 spiro atoms. The molecule has 3 rings (SSSR count). The maximum atomic E-state index is 9.06. The molecule has 19 heavy (non-hydrogen) atoms. The minimum absolute atomic E-state index is 0.426. The van der Waals surface area contributed by atoms with Gasteiger partial charge in [0.05, 0.1) is 16.8 Å². The molecule has 0 unspecified atom stereocenters. The van der Waals surface area contributed by atoms with Crippen LogP contribution >= 0.6 is 12.2 Å². The first-order valence-electron chi connectivity index (χ1n) is 5.65. The molecule has 3 aromatic rings. The molecular formula is C13H9N5S. The number of fused-ring (bicyclic) bond motifs is 1. The zero-order valence-corrected chi connectivity index (χ0v) is 10.9. The third-order valence-electron chi connectivity index (χ3n) is 2.91. The lowest BCUT2D eigenvalue weighted by Crippen LogP contribution is -2.02. The summed E-state index contributed by atoms with van der Waals surface area (Å²) in [5.74, 6) is 0. The van der Waals surface area contributed by atoms with Crippen molar-refractivity contribution < 1.29 is 0 Å². The van der Waals surface area contributed by atoms with E-state index in [-0.39, 0.29) is 0 Å². The van der Waals surface area contributed by atoms with Crippen LogP contribution in [0.4, 0.5) is 0 Å². The zero-order chi connectivity index (χ0) is 13.4. The molecule has 0 bridgehead atoms. The second kappa shape index (κ2) is 4.30. The van der Waals surface area contributed by atoms with Crippen LogP contribution in [0, 0.1) is 22.9 Å². The summed E-state index contributed by atoms with van der Waals surface area (Å²) in [6.07, 6.45) is 0. The number of pyridine rings is 1. The lowest BCUT2D eigenvalue weighted by Gasteiger charge is -2.07. The first kappa shape index (κ1) is 11.6. The van der Waals surface area contributed by atoms with Gasteiger partial charge in [-0.1, -0.05) is 29.6 Å². The quantitative estimate of drug-likeness (QED) is 0.688. The average molecular weight is 267 g/mol. The van der Waals surface area contributed by atoms with Crippen molar-refractivity contribution in [2.45, 2.75) is 6.92 Å². The molecule has 0 fully saturated rings. The van der Waals surface area contributed by atoms with E-state index < -0.39 is 0 Å². The average Bonchev–Trinajstić information content (AvgIpc) is 2.83. The summed E-state index contributed by atoms with van der Waals surface area (Å²) in [6.45, 7) is 1.89. The lowest BCUT2D eigenvalue weighted by atomic mass is 10.2. The number of aryl methyl sites for hydroxylation is 1. The van der Waals surface area contributed by atoms with Gasteiger partial charge in [0.1, 0.15) is 16.2 Å². The molecule has 1 N–H and O–H groups in total. The van der Waals surface area contributed by atoms with Gasteiger partial charge in [-0.3, -0.25) is 0 Å². The van der Waals surface area contributed by atoms with Crippen molar-refractivity contribution in [3.05, 3.63) is 46.2 Å². The maximum absolute atomic E-state index is 9.06. The predicted molar refractivity (Wildman–Crippen MR) is 73.5 cm³/mol. The maximum Gasteiger partial charge on any atom is 0.121 e. The van der Waals surface area contributed by atoms with Crippen LogP contribution in [0.5, 0.6) is 0 Å². The van der Waals surface area contributed by atoms with Crippen LogP contribution in [0.2, 0.25) is 0 Å². The largest absolute Gasteiger partial charge is 0.347 e. The highest BCUT2D eigenvalue weighted by Gasteiger charge is 2.10. The Balaban J connectivity index is 2.34. The zero-order valence-electron chi connectivity index (χ0n) is 10.1. The van der Waals surface area contributed by atoms with Gasteiger partial charge in [0.15, 0.2) is 0 Å². The first-order chi connectivity index (χ1) is 9.20. The number of nitrogens with zero attached hydrogens (tertiary/aromatic N) is 4. The third kappa shape index (κ3) is 1.80. The third-order valence-corrected chi connectivity index (χ3v) is 3.23. The fraction of sp³-hybridized carbons (Fsp3) is 0.0769. The smallest absolute Gasteiger partial charge is 0.121 e. The van der Waals surface area contributed by atoms with Crippen LogP contribution in [0.25, 0.3) is 16.7 Å². The molecule has 0 aliphatic carbocycles. The van der Waals surface area contributed by atoms with E-state index in [0.29, 0.717) is 10.2 Å². The SMILES string of the molecule is Cc1[nH]c(=S)c(C#N)cc1-n1nnc2ccccc21. The molecule has 6 heteroatoms. The van der Waals surface area contributed by atoms with Gasteiger partial charge in [-0.05, 0) is 25.1 Å². The summed E-state index contributed by atoms with van der Waals surface area (Å²) in [5.41, 5.74) is 3.75. The Kier molecular flexibility index (Phi) is 2.62. The number of benzene rings is 1. The fourth-order valence-electron chi connectivity index (χ4n) is 1.96. The highest BCUT2D eigenvalue weighted by molar-refractivity contribution is 7.71. The van der Waals surface area contributed by atoms with E-state index in [4.69, 9.17) is 17.5 Å². The Morgan fingerprint density at radius 2 is 2.16 bits per heavy atom. The van der Waals surface area contributed by atoms with Crippen molar-refractivity contribution in [1.82, 2.24) is 20.0 Å². The van der Waals surface area contributed by atoms with E-state index >= 15 is 0 Å². The van der Waals surface area contributed by atoms with Crippen molar-refractivity contribution in [3.63, 3.8) is 0 Å². The highest BCUT2D eigenvalue weighted by Crippen LogP contribution is 2.19. The molecular weight excluding hydrogens is 258 g/mol. The molecule has 2 heterocycles. The summed E-state index contributed by atoms with van der Waals surface area (Å²) in [4.78, 5) is 3.01. The van der Waals surface area contributed by atoms with E-state index in [0.717, 1.165) is 22.4 Å². The lowest BCUT2D eigenvalue weighted by molar-refractivity contribution is 0.811. The summed E-state index contributed by atoms with van der Waals surface area (Å²) < 4.78 is 2.14. The number of rotatable bonds is 1. The van der Waals surface area contributed by atoms with Gasteiger partial charge in [0.25, 0.3) is 0 Å². The Bertz CT molecular complexity index is 869. The van der Waals surface area contributed by atoms with Gasteiger partial charge in [0, 0.05) is 5.69 Å².